The fourth-order valence-corrected chi connectivity index (χ4v) is 2.27. The molecule has 1 atom stereocenters. The van der Waals surface area contributed by atoms with E-state index in [9.17, 15) is 4.79 Å². The summed E-state index contributed by atoms with van der Waals surface area (Å²) >= 11 is 0. The van der Waals surface area contributed by atoms with Gasteiger partial charge in [-0.3, -0.25) is 4.79 Å². The summed E-state index contributed by atoms with van der Waals surface area (Å²) in [6.07, 6.45) is 5.14. The minimum atomic E-state index is 0.0152. The first-order chi connectivity index (χ1) is 7.17. The molecule has 0 aliphatic carbocycles. The molecule has 3 nitrogen and oxygen atoms in total. The molecule has 1 fully saturated rings. The minimum Gasteiger partial charge on any atom is -0.349 e. The van der Waals surface area contributed by atoms with Crippen LogP contribution in [-0.4, -0.2) is 24.0 Å². The second kappa shape index (κ2) is 5.50. The van der Waals surface area contributed by atoms with Crippen molar-refractivity contribution in [1.82, 2.24) is 10.6 Å². The molecule has 1 aliphatic rings. The number of rotatable bonds is 5. The van der Waals surface area contributed by atoms with E-state index >= 15 is 0 Å². The van der Waals surface area contributed by atoms with Gasteiger partial charge in [0.2, 0.25) is 5.91 Å². The van der Waals surface area contributed by atoms with Crippen LogP contribution in [0.5, 0.6) is 0 Å². The molecule has 1 aliphatic heterocycles. The second-order valence-corrected chi connectivity index (χ2v) is 4.48. The van der Waals surface area contributed by atoms with Crippen molar-refractivity contribution in [2.75, 3.05) is 6.54 Å². The van der Waals surface area contributed by atoms with Crippen LogP contribution in [0.2, 0.25) is 0 Å². The average molecular weight is 212 g/mol. The Morgan fingerprint density at radius 1 is 1.33 bits per heavy atom. The maximum Gasteiger partial charge on any atom is 0.237 e. The van der Waals surface area contributed by atoms with E-state index in [4.69, 9.17) is 0 Å². The van der Waals surface area contributed by atoms with Crippen LogP contribution in [0.3, 0.4) is 0 Å². The SMILES string of the molecule is CCC(CC)(CC)NC(=O)C1CCCN1. The van der Waals surface area contributed by atoms with Gasteiger partial charge in [0, 0.05) is 5.54 Å². The Kier molecular flexibility index (Phi) is 4.58. The van der Waals surface area contributed by atoms with Crippen LogP contribution in [0.25, 0.3) is 0 Å². The van der Waals surface area contributed by atoms with Crippen molar-refractivity contribution in [3.63, 3.8) is 0 Å². The second-order valence-electron chi connectivity index (χ2n) is 4.48. The van der Waals surface area contributed by atoms with Crippen molar-refractivity contribution in [3.05, 3.63) is 0 Å². The topological polar surface area (TPSA) is 41.1 Å². The number of carbonyl (C=O) groups is 1. The van der Waals surface area contributed by atoms with Crippen LogP contribution in [-0.2, 0) is 4.79 Å². The quantitative estimate of drug-likeness (QED) is 0.730. The van der Waals surface area contributed by atoms with Crippen molar-refractivity contribution in [3.8, 4) is 0 Å². The van der Waals surface area contributed by atoms with Crippen molar-refractivity contribution in [2.24, 2.45) is 0 Å². The molecule has 1 saturated heterocycles. The van der Waals surface area contributed by atoms with Gasteiger partial charge in [0.15, 0.2) is 0 Å². The Labute approximate surface area is 93.0 Å². The van der Waals surface area contributed by atoms with Gasteiger partial charge in [-0.15, -0.1) is 0 Å². The van der Waals surface area contributed by atoms with E-state index in [-0.39, 0.29) is 17.5 Å². The highest BCUT2D eigenvalue weighted by molar-refractivity contribution is 5.82. The number of amides is 1. The number of hydrogen-bond acceptors (Lipinski definition) is 2. The van der Waals surface area contributed by atoms with E-state index in [2.05, 4.69) is 31.4 Å². The molecule has 1 heterocycles. The van der Waals surface area contributed by atoms with E-state index in [1.54, 1.807) is 0 Å². The van der Waals surface area contributed by atoms with Gasteiger partial charge in [-0.05, 0) is 38.6 Å². The van der Waals surface area contributed by atoms with Gasteiger partial charge in [0.1, 0.15) is 0 Å². The number of carbonyl (C=O) groups excluding carboxylic acids is 1. The first-order valence-electron chi connectivity index (χ1n) is 6.23. The lowest BCUT2D eigenvalue weighted by Crippen LogP contribution is -2.52. The molecule has 0 aromatic rings. The van der Waals surface area contributed by atoms with E-state index in [0.29, 0.717) is 0 Å². The standard InChI is InChI=1S/C12H24N2O/c1-4-12(5-2,6-3)14-11(15)10-8-7-9-13-10/h10,13H,4-9H2,1-3H3,(H,14,15). The largest absolute Gasteiger partial charge is 0.349 e. The van der Waals surface area contributed by atoms with Gasteiger partial charge in [0.05, 0.1) is 6.04 Å². The van der Waals surface area contributed by atoms with E-state index in [0.717, 1.165) is 38.6 Å². The van der Waals surface area contributed by atoms with Crippen LogP contribution in [0.4, 0.5) is 0 Å². The lowest BCUT2D eigenvalue weighted by molar-refractivity contribution is -0.125. The summed E-state index contributed by atoms with van der Waals surface area (Å²) in [5.74, 6) is 0.193. The molecule has 1 rings (SSSR count). The highest BCUT2D eigenvalue weighted by Gasteiger charge is 2.30. The molecule has 0 spiro atoms. The summed E-state index contributed by atoms with van der Waals surface area (Å²) in [6, 6.07) is 0.0500. The normalized spacial score (nSPS) is 21.7. The minimum absolute atomic E-state index is 0.0152. The van der Waals surface area contributed by atoms with Gasteiger partial charge in [-0.2, -0.15) is 0 Å². The van der Waals surface area contributed by atoms with Crippen LogP contribution in [0.15, 0.2) is 0 Å². The molecule has 0 aromatic heterocycles. The molecule has 2 N–H and O–H groups in total. The van der Waals surface area contributed by atoms with Crippen molar-refractivity contribution in [1.29, 1.82) is 0 Å². The zero-order chi connectivity index (χ0) is 11.3. The first-order valence-corrected chi connectivity index (χ1v) is 6.23. The van der Waals surface area contributed by atoms with E-state index in [1.165, 1.54) is 0 Å². The number of hydrogen-bond donors (Lipinski definition) is 2. The predicted molar refractivity (Wildman–Crippen MR) is 62.8 cm³/mol. The summed E-state index contributed by atoms with van der Waals surface area (Å²) in [6.45, 7) is 7.43. The Morgan fingerprint density at radius 3 is 2.33 bits per heavy atom. The van der Waals surface area contributed by atoms with Crippen LogP contribution >= 0.6 is 0 Å². The van der Waals surface area contributed by atoms with Gasteiger partial charge >= 0.3 is 0 Å². The fraction of sp³-hybridized carbons (Fsp3) is 0.917. The third-order valence-electron chi connectivity index (χ3n) is 3.80. The van der Waals surface area contributed by atoms with Gasteiger partial charge < -0.3 is 10.6 Å². The number of nitrogens with one attached hydrogen (secondary N) is 2. The third-order valence-corrected chi connectivity index (χ3v) is 3.80. The Morgan fingerprint density at radius 2 is 1.93 bits per heavy atom. The van der Waals surface area contributed by atoms with Crippen molar-refractivity contribution >= 4 is 5.91 Å². The van der Waals surface area contributed by atoms with Gasteiger partial charge in [-0.1, -0.05) is 20.8 Å². The van der Waals surface area contributed by atoms with Gasteiger partial charge in [-0.25, -0.2) is 0 Å². The zero-order valence-electron chi connectivity index (χ0n) is 10.2. The van der Waals surface area contributed by atoms with E-state index < -0.39 is 0 Å². The molecular weight excluding hydrogens is 188 g/mol. The van der Waals surface area contributed by atoms with Crippen LogP contribution in [0, 0.1) is 0 Å². The van der Waals surface area contributed by atoms with Crippen molar-refractivity contribution < 1.29 is 4.79 Å². The maximum absolute atomic E-state index is 12.0. The zero-order valence-corrected chi connectivity index (χ0v) is 10.2. The smallest absolute Gasteiger partial charge is 0.237 e. The molecule has 0 radical (unpaired) electrons. The lowest BCUT2D eigenvalue weighted by Gasteiger charge is -2.33. The van der Waals surface area contributed by atoms with Crippen LogP contribution < -0.4 is 10.6 Å². The van der Waals surface area contributed by atoms with Crippen molar-refractivity contribution in [2.45, 2.75) is 64.5 Å². The lowest BCUT2D eigenvalue weighted by atomic mass is 9.89. The molecule has 15 heavy (non-hydrogen) atoms. The van der Waals surface area contributed by atoms with Gasteiger partial charge in [0.25, 0.3) is 0 Å². The Hall–Kier alpha value is -0.570. The predicted octanol–water partition coefficient (Wildman–Crippen LogP) is 1.82. The summed E-state index contributed by atoms with van der Waals surface area (Å²) in [5, 5.41) is 6.46. The molecule has 1 amide bonds. The Bertz CT molecular complexity index is 197. The van der Waals surface area contributed by atoms with Crippen LogP contribution in [0.1, 0.15) is 52.9 Å². The Balaban J connectivity index is 2.53. The highest BCUT2D eigenvalue weighted by Crippen LogP contribution is 2.20. The third kappa shape index (κ3) is 2.94. The summed E-state index contributed by atoms with van der Waals surface area (Å²) in [7, 11) is 0. The molecule has 0 bridgehead atoms. The molecule has 3 heteroatoms. The molecule has 88 valence electrons. The molecule has 1 unspecified atom stereocenters. The maximum atomic E-state index is 12.0. The summed E-state index contributed by atoms with van der Waals surface area (Å²) in [5.41, 5.74) is 0.0152. The van der Waals surface area contributed by atoms with E-state index in [1.807, 2.05) is 0 Å². The summed E-state index contributed by atoms with van der Waals surface area (Å²) < 4.78 is 0. The molecule has 0 saturated carbocycles. The monoisotopic (exact) mass is 212 g/mol. The summed E-state index contributed by atoms with van der Waals surface area (Å²) in [4.78, 5) is 12.0. The fourth-order valence-electron chi connectivity index (χ4n) is 2.27. The first kappa shape index (κ1) is 12.5. The average Bonchev–Trinajstić information content (AvgIpc) is 2.79. The molecular formula is C12H24N2O. The molecule has 0 aromatic carbocycles. The highest BCUT2D eigenvalue weighted by atomic mass is 16.2.